The predicted molar refractivity (Wildman–Crippen MR) is 84.9 cm³/mol. The summed E-state index contributed by atoms with van der Waals surface area (Å²) < 4.78 is 65.2. The van der Waals surface area contributed by atoms with Gasteiger partial charge in [-0.1, -0.05) is 6.07 Å². The van der Waals surface area contributed by atoms with Crippen LogP contribution in [0.1, 0.15) is 5.56 Å². The highest BCUT2D eigenvalue weighted by molar-refractivity contribution is 7.89. The number of nitrogens with zero attached hydrogens (tertiary/aromatic N) is 2. The SMILES string of the molecule is Cc1ccc(S(=O)(=O)N2C[C@@H](C(F)(F)F)[C@H](C(=O)O)C2)cc1N(C)C. The van der Waals surface area contributed by atoms with E-state index in [9.17, 15) is 26.4 Å². The smallest absolute Gasteiger partial charge is 0.393 e. The predicted octanol–water partition coefficient (Wildman–Crippen LogP) is 1.94. The number of alkyl halides is 3. The monoisotopic (exact) mass is 380 g/mol. The summed E-state index contributed by atoms with van der Waals surface area (Å²) in [6, 6.07) is 4.25. The summed E-state index contributed by atoms with van der Waals surface area (Å²) in [6.45, 7) is 0.183. The van der Waals surface area contributed by atoms with E-state index in [1.807, 2.05) is 0 Å². The molecule has 1 aromatic rings. The number of sulfonamides is 1. The first kappa shape index (κ1) is 19.5. The van der Waals surface area contributed by atoms with Gasteiger partial charge in [-0.25, -0.2) is 8.42 Å². The molecule has 0 unspecified atom stereocenters. The van der Waals surface area contributed by atoms with Crippen LogP contribution in [0.4, 0.5) is 18.9 Å². The van der Waals surface area contributed by atoms with E-state index in [0.717, 1.165) is 5.56 Å². The first-order valence-corrected chi connectivity index (χ1v) is 8.87. The van der Waals surface area contributed by atoms with Crippen LogP contribution in [0.5, 0.6) is 0 Å². The van der Waals surface area contributed by atoms with Crippen molar-refractivity contribution in [2.45, 2.75) is 18.0 Å². The van der Waals surface area contributed by atoms with Gasteiger partial charge < -0.3 is 10.0 Å². The molecule has 140 valence electrons. The standard InChI is InChI=1S/C15H19F3N2O4S/c1-9-4-5-10(6-13(9)19(2)3)25(23,24)20-7-11(14(21)22)12(8-20)15(16,17)18/h4-6,11-12H,7-8H2,1-3H3,(H,21,22)/t11-,12-/m1/s1. The van der Waals surface area contributed by atoms with Crippen molar-refractivity contribution < 1.29 is 31.5 Å². The third-order valence-corrected chi connectivity index (χ3v) is 6.15. The molecule has 25 heavy (non-hydrogen) atoms. The number of carbonyl (C=O) groups is 1. The van der Waals surface area contributed by atoms with Gasteiger partial charge in [0.25, 0.3) is 0 Å². The molecule has 2 atom stereocenters. The van der Waals surface area contributed by atoms with Gasteiger partial charge in [-0.3, -0.25) is 4.79 Å². The van der Waals surface area contributed by atoms with Crippen LogP contribution in [0, 0.1) is 18.8 Å². The van der Waals surface area contributed by atoms with Crippen LogP contribution in [0.3, 0.4) is 0 Å². The van der Waals surface area contributed by atoms with Crippen LogP contribution in [0.15, 0.2) is 23.1 Å². The number of rotatable bonds is 4. The lowest BCUT2D eigenvalue weighted by molar-refractivity contribution is -0.187. The van der Waals surface area contributed by atoms with E-state index in [1.54, 1.807) is 32.0 Å². The average molecular weight is 380 g/mol. The normalized spacial score (nSPS) is 22.2. The topological polar surface area (TPSA) is 77.9 Å². The molecule has 1 aromatic carbocycles. The minimum atomic E-state index is -4.78. The zero-order chi connectivity index (χ0) is 19.2. The van der Waals surface area contributed by atoms with Gasteiger partial charge in [0.05, 0.1) is 16.7 Å². The van der Waals surface area contributed by atoms with Crippen molar-refractivity contribution in [3.8, 4) is 0 Å². The van der Waals surface area contributed by atoms with Gasteiger partial charge in [0.1, 0.15) is 0 Å². The van der Waals surface area contributed by atoms with Crippen LogP contribution >= 0.6 is 0 Å². The summed E-state index contributed by atoms with van der Waals surface area (Å²) in [5, 5.41) is 9.03. The molecule has 10 heteroatoms. The van der Waals surface area contributed by atoms with Crippen LogP contribution in [0.2, 0.25) is 0 Å². The van der Waals surface area contributed by atoms with E-state index in [1.165, 1.54) is 12.1 Å². The molecule has 6 nitrogen and oxygen atoms in total. The Balaban J connectivity index is 2.41. The maximum absolute atomic E-state index is 13.1. The lowest BCUT2D eigenvalue weighted by Crippen LogP contribution is -2.34. The molecule has 0 aliphatic carbocycles. The zero-order valence-electron chi connectivity index (χ0n) is 13.9. The fraction of sp³-hybridized carbons (Fsp3) is 0.533. The Labute approximate surface area is 143 Å². The van der Waals surface area contributed by atoms with Gasteiger partial charge >= 0.3 is 12.1 Å². The van der Waals surface area contributed by atoms with Gasteiger partial charge in [0.2, 0.25) is 10.0 Å². The maximum Gasteiger partial charge on any atom is 0.393 e. The van der Waals surface area contributed by atoms with Gasteiger partial charge in [0, 0.05) is 32.9 Å². The molecule has 0 bridgehead atoms. The highest BCUT2D eigenvalue weighted by Crippen LogP contribution is 2.40. The van der Waals surface area contributed by atoms with E-state index >= 15 is 0 Å². The fourth-order valence-electron chi connectivity index (χ4n) is 2.93. The van der Waals surface area contributed by atoms with Crippen LogP contribution in [-0.2, 0) is 14.8 Å². The van der Waals surface area contributed by atoms with Crippen molar-refractivity contribution in [1.82, 2.24) is 4.31 Å². The van der Waals surface area contributed by atoms with Crippen molar-refractivity contribution in [1.29, 1.82) is 0 Å². The Morgan fingerprint density at radius 1 is 1.28 bits per heavy atom. The molecule has 1 N–H and O–H groups in total. The molecule has 1 aliphatic rings. The summed E-state index contributed by atoms with van der Waals surface area (Å²) >= 11 is 0. The molecule has 2 rings (SSSR count). The number of halogens is 3. The highest BCUT2D eigenvalue weighted by atomic mass is 32.2. The van der Waals surface area contributed by atoms with Crippen LogP contribution < -0.4 is 4.90 Å². The van der Waals surface area contributed by atoms with Crippen molar-refractivity contribution in [2.24, 2.45) is 11.8 Å². The Hall–Kier alpha value is -1.81. The molecular formula is C15H19F3N2O4S. The number of aliphatic carboxylic acids is 1. The van der Waals surface area contributed by atoms with E-state index in [0.29, 0.717) is 9.99 Å². The van der Waals surface area contributed by atoms with E-state index in [2.05, 4.69) is 0 Å². The first-order chi connectivity index (χ1) is 11.4. The second-order valence-corrected chi connectivity index (χ2v) is 8.20. The van der Waals surface area contributed by atoms with Gasteiger partial charge in [-0.05, 0) is 24.6 Å². The highest BCUT2D eigenvalue weighted by Gasteiger charge is 2.54. The van der Waals surface area contributed by atoms with Crippen molar-refractivity contribution in [3.05, 3.63) is 23.8 Å². The second kappa shape index (κ2) is 6.49. The third-order valence-electron chi connectivity index (χ3n) is 4.32. The van der Waals surface area contributed by atoms with Gasteiger partial charge in [-0.2, -0.15) is 17.5 Å². The molecule has 0 saturated carbocycles. The van der Waals surface area contributed by atoms with Gasteiger partial charge in [0.15, 0.2) is 0 Å². The summed E-state index contributed by atoms with van der Waals surface area (Å²) in [6.07, 6.45) is -4.78. The zero-order valence-corrected chi connectivity index (χ0v) is 14.7. The second-order valence-electron chi connectivity index (χ2n) is 6.26. The fourth-order valence-corrected chi connectivity index (χ4v) is 4.44. The molecule has 0 spiro atoms. The quantitative estimate of drug-likeness (QED) is 0.864. The minimum absolute atomic E-state index is 0.159. The van der Waals surface area contributed by atoms with Crippen LogP contribution in [0.25, 0.3) is 0 Å². The third kappa shape index (κ3) is 3.74. The number of hydrogen-bond acceptors (Lipinski definition) is 4. The molecule has 1 aliphatic heterocycles. The lowest BCUT2D eigenvalue weighted by atomic mass is 9.96. The first-order valence-electron chi connectivity index (χ1n) is 7.43. The number of hydrogen-bond donors (Lipinski definition) is 1. The summed E-state index contributed by atoms with van der Waals surface area (Å²) in [4.78, 5) is 12.7. The van der Waals surface area contributed by atoms with Gasteiger partial charge in [-0.15, -0.1) is 0 Å². The van der Waals surface area contributed by atoms with Crippen molar-refractivity contribution in [2.75, 3.05) is 32.1 Å². The molecule has 0 radical (unpaired) electrons. The number of carboxylic acids is 1. The summed E-state index contributed by atoms with van der Waals surface area (Å²) in [7, 11) is -0.794. The van der Waals surface area contributed by atoms with E-state index in [-0.39, 0.29) is 4.90 Å². The molecular weight excluding hydrogens is 361 g/mol. The summed E-state index contributed by atoms with van der Waals surface area (Å²) in [5.41, 5.74) is 1.42. The molecule has 1 saturated heterocycles. The van der Waals surface area contributed by atoms with Crippen LogP contribution in [-0.4, -0.2) is 57.2 Å². The Kier molecular flexibility index (Phi) is 5.06. The number of benzene rings is 1. The Morgan fingerprint density at radius 3 is 2.32 bits per heavy atom. The Morgan fingerprint density at radius 2 is 1.88 bits per heavy atom. The van der Waals surface area contributed by atoms with Crippen molar-refractivity contribution >= 4 is 21.7 Å². The van der Waals surface area contributed by atoms with Crippen molar-refractivity contribution in [3.63, 3.8) is 0 Å². The molecule has 0 amide bonds. The lowest BCUT2D eigenvalue weighted by Gasteiger charge is -2.20. The number of anilines is 1. The Bertz CT molecular complexity index is 777. The van der Waals surface area contributed by atoms with E-state index < -0.39 is 47.1 Å². The maximum atomic E-state index is 13.1. The minimum Gasteiger partial charge on any atom is -0.481 e. The number of aryl methyl sites for hydroxylation is 1. The summed E-state index contributed by atoms with van der Waals surface area (Å²) in [5.74, 6) is -5.69. The largest absolute Gasteiger partial charge is 0.481 e. The average Bonchev–Trinajstić information content (AvgIpc) is 2.93. The molecule has 1 heterocycles. The molecule has 0 aromatic heterocycles. The molecule has 1 fully saturated rings. The number of carboxylic acid groups (broad SMARTS) is 1. The van der Waals surface area contributed by atoms with E-state index in [4.69, 9.17) is 5.11 Å².